The van der Waals surface area contributed by atoms with Crippen molar-refractivity contribution in [1.82, 2.24) is 4.57 Å². The Labute approximate surface area is 235 Å². The van der Waals surface area contributed by atoms with Gasteiger partial charge in [-0.2, -0.15) is 48.3 Å². The Morgan fingerprint density at radius 3 is 1.81 bits per heavy atom. The molecule has 0 aliphatic rings. The van der Waals surface area contributed by atoms with Gasteiger partial charge in [0.15, 0.2) is 0 Å². The van der Waals surface area contributed by atoms with Crippen molar-refractivity contribution in [2.75, 3.05) is 7.11 Å². The van der Waals surface area contributed by atoms with E-state index in [2.05, 4.69) is 0 Å². The molecule has 0 aliphatic heterocycles. The summed E-state index contributed by atoms with van der Waals surface area (Å²) in [6.07, 6.45) is 0.523. The van der Waals surface area contributed by atoms with Crippen LogP contribution in [0.5, 0.6) is 5.75 Å². The molecule has 2 rings (SSSR count). The number of aromatic nitrogens is 2. The Morgan fingerprint density at radius 2 is 1.26 bits per heavy atom. The van der Waals surface area contributed by atoms with Crippen molar-refractivity contribution in [3.8, 4) is 5.75 Å². The maximum Gasteiger partial charge on any atom is 0.460 e. The molecule has 0 saturated heterocycles. The average Bonchev–Trinajstić information content (AvgIpc) is 3.33. The predicted molar refractivity (Wildman–Crippen MR) is 129 cm³/mol. The largest absolute Gasteiger partial charge is 0.496 e. The van der Waals surface area contributed by atoms with Crippen LogP contribution >= 0.6 is 0 Å². The van der Waals surface area contributed by atoms with Gasteiger partial charge in [-0.1, -0.05) is 38.5 Å². The summed E-state index contributed by atoms with van der Waals surface area (Å²) in [5.74, 6) is -27.1. The van der Waals surface area contributed by atoms with Gasteiger partial charge in [0.25, 0.3) is 0 Å². The van der Waals surface area contributed by atoms with E-state index < -0.39 is 42.7 Å². The Hall–Kier alpha value is -2.61. The van der Waals surface area contributed by atoms with Crippen LogP contribution in [0.4, 0.5) is 52.7 Å². The van der Waals surface area contributed by atoms with Crippen LogP contribution in [0.1, 0.15) is 69.8 Å². The van der Waals surface area contributed by atoms with Crippen molar-refractivity contribution in [1.29, 1.82) is 0 Å². The standard InChI is InChI=1S/C27H33F12N2O/c1-42-22-12-11-21(28)17-20(22)18-41-16-15-40(19-41)14-10-8-6-4-2-3-5-7-9-13-23(29,30)24(31,32)25(33,34)26(35,36)27(37,38)39/h11-12,15-17,19H,2-10,13-14,18H2,1H3/q+1. The Kier molecular flexibility index (Phi) is 12.1. The Bertz CT molecular complexity index is 1110. The van der Waals surface area contributed by atoms with Crippen LogP contribution in [0.15, 0.2) is 36.9 Å². The van der Waals surface area contributed by atoms with E-state index in [1.165, 1.54) is 19.2 Å². The Balaban J connectivity index is 1.62. The quantitative estimate of drug-likeness (QED) is 0.0915. The van der Waals surface area contributed by atoms with E-state index in [0.29, 0.717) is 30.7 Å². The molecule has 2 aromatic rings. The van der Waals surface area contributed by atoms with Crippen molar-refractivity contribution >= 4 is 0 Å². The SMILES string of the molecule is COc1ccc(F)cc1C[n+]1ccn(CCCCCCCCCCCC(F)(F)C(F)(F)C(F)(F)C(F)(F)C(F)(F)F)c1. The van der Waals surface area contributed by atoms with Gasteiger partial charge in [0.1, 0.15) is 30.5 Å². The highest BCUT2D eigenvalue weighted by atomic mass is 19.4. The van der Waals surface area contributed by atoms with E-state index in [1.54, 1.807) is 6.07 Å². The fourth-order valence-electron chi connectivity index (χ4n) is 4.37. The highest BCUT2D eigenvalue weighted by Crippen LogP contribution is 2.58. The van der Waals surface area contributed by atoms with Crippen molar-refractivity contribution in [2.24, 2.45) is 0 Å². The molecule has 240 valence electrons. The van der Waals surface area contributed by atoms with Crippen LogP contribution in [0.3, 0.4) is 0 Å². The maximum atomic E-state index is 13.7. The number of aryl methyl sites for hydroxylation is 1. The van der Waals surface area contributed by atoms with Crippen molar-refractivity contribution in [3.63, 3.8) is 0 Å². The molecule has 0 atom stereocenters. The minimum atomic E-state index is -7.34. The Morgan fingerprint density at radius 1 is 0.714 bits per heavy atom. The summed E-state index contributed by atoms with van der Waals surface area (Å²) < 4.78 is 166. The van der Waals surface area contributed by atoms with E-state index in [1.807, 2.05) is 27.9 Å². The lowest BCUT2D eigenvalue weighted by Gasteiger charge is -2.37. The second-order valence-electron chi connectivity index (χ2n) is 10.1. The molecule has 0 aliphatic carbocycles. The van der Waals surface area contributed by atoms with Gasteiger partial charge in [-0.15, -0.1) is 0 Å². The molecule has 1 aromatic heterocycles. The first-order valence-corrected chi connectivity index (χ1v) is 13.3. The molecule has 1 heterocycles. The van der Waals surface area contributed by atoms with Crippen molar-refractivity contribution in [3.05, 3.63) is 48.3 Å². The number of unbranched alkanes of at least 4 members (excludes halogenated alkanes) is 8. The number of rotatable bonds is 18. The fourth-order valence-corrected chi connectivity index (χ4v) is 4.37. The molecular formula is C27H33F12N2O+. The third kappa shape index (κ3) is 8.48. The topological polar surface area (TPSA) is 18.0 Å². The van der Waals surface area contributed by atoms with E-state index in [0.717, 1.165) is 32.2 Å². The summed E-state index contributed by atoms with van der Waals surface area (Å²) in [5, 5.41) is 0. The lowest BCUT2D eigenvalue weighted by Crippen LogP contribution is -2.66. The van der Waals surface area contributed by atoms with E-state index >= 15 is 0 Å². The molecule has 0 saturated carbocycles. The summed E-state index contributed by atoms with van der Waals surface area (Å²) >= 11 is 0. The van der Waals surface area contributed by atoms with Gasteiger partial charge in [0.05, 0.1) is 13.7 Å². The normalized spacial score (nSPS) is 13.5. The second-order valence-corrected chi connectivity index (χ2v) is 10.1. The van der Waals surface area contributed by atoms with Gasteiger partial charge < -0.3 is 4.74 Å². The molecule has 0 fully saturated rings. The molecule has 0 radical (unpaired) electrons. The minimum absolute atomic E-state index is 0.109. The molecule has 42 heavy (non-hydrogen) atoms. The number of alkyl halides is 11. The monoisotopic (exact) mass is 629 g/mol. The third-order valence-corrected chi connectivity index (χ3v) is 6.85. The molecule has 0 unspecified atom stereocenters. The van der Waals surface area contributed by atoms with Crippen molar-refractivity contribution in [2.45, 2.75) is 107 Å². The smallest absolute Gasteiger partial charge is 0.460 e. The number of nitrogens with zero attached hydrogens (tertiary/aromatic N) is 2. The zero-order valence-electron chi connectivity index (χ0n) is 22.8. The lowest BCUT2D eigenvalue weighted by molar-refractivity contribution is -0.687. The van der Waals surface area contributed by atoms with E-state index in [9.17, 15) is 52.7 Å². The molecule has 3 nitrogen and oxygen atoms in total. The van der Waals surface area contributed by atoms with Crippen LogP contribution in [0, 0.1) is 5.82 Å². The maximum absolute atomic E-state index is 13.7. The molecule has 15 heteroatoms. The van der Waals surface area contributed by atoms with Gasteiger partial charge >= 0.3 is 29.9 Å². The highest BCUT2D eigenvalue weighted by molar-refractivity contribution is 5.33. The number of benzene rings is 1. The first-order chi connectivity index (χ1) is 19.4. The zero-order valence-corrected chi connectivity index (χ0v) is 22.8. The van der Waals surface area contributed by atoms with Crippen LogP contribution in [-0.4, -0.2) is 41.5 Å². The number of imidazole rings is 1. The summed E-state index contributed by atoms with van der Waals surface area (Å²) in [7, 11) is 1.51. The first kappa shape index (κ1) is 35.6. The summed E-state index contributed by atoms with van der Waals surface area (Å²) in [6.45, 7) is 1.16. The van der Waals surface area contributed by atoms with Crippen LogP contribution in [0.2, 0.25) is 0 Å². The van der Waals surface area contributed by atoms with E-state index in [4.69, 9.17) is 4.74 Å². The second kappa shape index (κ2) is 14.2. The van der Waals surface area contributed by atoms with Crippen LogP contribution < -0.4 is 9.30 Å². The fraction of sp³-hybridized carbons (Fsp3) is 0.667. The van der Waals surface area contributed by atoms with Gasteiger partial charge in [0, 0.05) is 12.0 Å². The first-order valence-electron chi connectivity index (χ1n) is 13.3. The molecule has 1 aromatic carbocycles. The summed E-state index contributed by atoms with van der Waals surface area (Å²) in [4.78, 5) is 0. The average molecular weight is 630 g/mol. The number of methoxy groups -OCH3 is 1. The van der Waals surface area contributed by atoms with Crippen LogP contribution in [0.25, 0.3) is 0 Å². The molecule has 0 bridgehead atoms. The third-order valence-electron chi connectivity index (χ3n) is 6.85. The number of ether oxygens (including phenoxy) is 1. The summed E-state index contributed by atoms with van der Waals surface area (Å²) in [6, 6.07) is 4.28. The highest BCUT2D eigenvalue weighted by Gasteiger charge is 2.86. The number of hydrogen-bond acceptors (Lipinski definition) is 1. The minimum Gasteiger partial charge on any atom is -0.496 e. The number of hydrogen-bond donors (Lipinski definition) is 0. The molecular weight excluding hydrogens is 596 g/mol. The lowest BCUT2D eigenvalue weighted by atomic mass is 9.94. The van der Waals surface area contributed by atoms with Gasteiger partial charge in [0.2, 0.25) is 6.33 Å². The summed E-state index contributed by atoms with van der Waals surface area (Å²) in [5.41, 5.74) is 0.694. The zero-order chi connectivity index (χ0) is 31.8. The molecule has 0 N–H and O–H groups in total. The predicted octanol–water partition coefficient (Wildman–Crippen LogP) is 8.98. The van der Waals surface area contributed by atoms with Crippen molar-refractivity contribution < 1.29 is 62.0 Å². The van der Waals surface area contributed by atoms with Gasteiger partial charge in [-0.3, -0.25) is 0 Å². The molecule has 0 spiro atoms. The van der Waals surface area contributed by atoms with Crippen LogP contribution in [-0.2, 0) is 13.1 Å². The van der Waals surface area contributed by atoms with Gasteiger partial charge in [-0.05, 0) is 37.5 Å². The molecule has 0 amide bonds. The number of halogens is 12. The van der Waals surface area contributed by atoms with E-state index in [-0.39, 0.29) is 18.7 Å². The van der Waals surface area contributed by atoms with Gasteiger partial charge in [-0.25, -0.2) is 13.5 Å².